The second-order valence-electron chi connectivity index (χ2n) is 6.44. The van der Waals surface area contributed by atoms with Crippen LogP contribution in [0.2, 0.25) is 0 Å². The Balaban J connectivity index is 1.86. The van der Waals surface area contributed by atoms with Gasteiger partial charge in [0.2, 0.25) is 0 Å². The maximum atomic E-state index is 5.64. The predicted molar refractivity (Wildman–Crippen MR) is 109 cm³/mol. The lowest BCUT2D eigenvalue weighted by Gasteiger charge is -2.15. The van der Waals surface area contributed by atoms with Gasteiger partial charge in [-0.2, -0.15) is 0 Å². The normalized spacial score (nSPS) is 15.1. The Morgan fingerprint density at radius 3 is 2.65 bits per heavy atom. The Kier molecular flexibility index (Phi) is 9.10. The molecule has 1 fully saturated rings. The van der Waals surface area contributed by atoms with Crippen molar-refractivity contribution in [2.24, 2.45) is 4.99 Å². The monoisotopic (exact) mass is 362 g/mol. The highest BCUT2D eigenvalue weighted by molar-refractivity contribution is 5.93. The standard InChI is InChI=1S/C20H34N4O2/c1-4-21-20(22-12-6-7-13-24-14-8-9-15-24)23-17-10-11-18(25-3)19(16-17)26-5-2/h10-11,16H,4-9,12-15H2,1-3H3,(H2,21,22,23). The number of methoxy groups -OCH3 is 1. The van der Waals surface area contributed by atoms with Crippen LogP contribution in [-0.2, 0) is 0 Å². The van der Waals surface area contributed by atoms with Gasteiger partial charge in [0.1, 0.15) is 0 Å². The van der Waals surface area contributed by atoms with Crippen LogP contribution >= 0.6 is 0 Å². The average Bonchev–Trinajstić information content (AvgIpc) is 3.15. The summed E-state index contributed by atoms with van der Waals surface area (Å²) in [6.07, 6.45) is 5.04. The van der Waals surface area contributed by atoms with Crippen molar-refractivity contribution in [2.75, 3.05) is 51.8 Å². The van der Waals surface area contributed by atoms with Crippen molar-refractivity contribution in [1.82, 2.24) is 10.2 Å². The molecular formula is C20H34N4O2. The molecule has 1 saturated heterocycles. The molecule has 0 radical (unpaired) electrons. The van der Waals surface area contributed by atoms with Crippen molar-refractivity contribution in [2.45, 2.75) is 39.5 Å². The van der Waals surface area contributed by atoms with E-state index in [0.29, 0.717) is 6.61 Å². The summed E-state index contributed by atoms with van der Waals surface area (Å²) in [5.41, 5.74) is 0.936. The highest BCUT2D eigenvalue weighted by Crippen LogP contribution is 2.30. The summed E-state index contributed by atoms with van der Waals surface area (Å²) < 4.78 is 11.0. The van der Waals surface area contributed by atoms with Crippen LogP contribution in [0.1, 0.15) is 39.5 Å². The molecule has 0 aromatic heterocycles. The number of likely N-dealkylation sites (tertiary alicyclic amines) is 1. The van der Waals surface area contributed by atoms with Crippen molar-refractivity contribution >= 4 is 11.6 Å². The predicted octanol–water partition coefficient (Wildman–Crippen LogP) is 3.35. The molecule has 146 valence electrons. The van der Waals surface area contributed by atoms with Gasteiger partial charge >= 0.3 is 0 Å². The summed E-state index contributed by atoms with van der Waals surface area (Å²) in [5.74, 6) is 2.28. The number of anilines is 1. The largest absolute Gasteiger partial charge is 0.493 e. The fraction of sp³-hybridized carbons (Fsp3) is 0.650. The van der Waals surface area contributed by atoms with E-state index in [1.165, 1.54) is 38.9 Å². The molecule has 1 heterocycles. The van der Waals surface area contributed by atoms with Gasteiger partial charge in [0.25, 0.3) is 0 Å². The zero-order valence-corrected chi connectivity index (χ0v) is 16.5. The number of nitrogens with one attached hydrogen (secondary N) is 2. The maximum Gasteiger partial charge on any atom is 0.195 e. The van der Waals surface area contributed by atoms with Crippen LogP contribution in [0.5, 0.6) is 11.5 Å². The van der Waals surface area contributed by atoms with Crippen molar-refractivity contribution in [1.29, 1.82) is 0 Å². The molecule has 0 bridgehead atoms. The molecule has 6 nitrogen and oxygen atoms in total. The lowest BCUT2D eigenvalue weighted by Crippen LogP contribution is -2.30. The van der Waals surface area contributed by atoms with E-state index in [0.717, 1.165) is 42.7 Å². The summed E-state index contributed by atoms with van der Waals surface area (Å²) >= 11 is 0. The molecular weight excluding hydrogens is 328 g/mol. The highest BCUT2D eigenvalue weighted by atomic mass is 16.5. The summed E-state index contributed by atoms with van der Waals surface area (Å²) in [5, 5.41) is 6.65. The Morgan fingerprint density at radius 2 is 1.96 bits per heavy atom. The molecule has 26 heavy (non-hydrogen) atoms. The Labute approximate surface area is 158 Å². The third kappa shape index (κ3) is 6.75. The van der Waals surface area contributed by atoms with Crippen molar-refractivity contribution in [3.05, 3.63) is 18.2 Å². The van der Waals surface area contributed by atoms with Gasteiger partial charge < -0.3 is 25.0 Å². The van der Waals surface area contributed by atoms with E-state index in [1.54, 1.807) is 7.11 Å². The van der Waals surface area contributed by atoms with Crippen LogP contribution in [-0.4, -0.2) is 57.3 Å². The number of guanidine groups is 1. The van der Waals surface area contributed by atoms with Crippen LogP contribution in [0, 0.1) is 0 Å². The van der Waals surface area contributed by atoms with Crippen LogP contribution in [0.15, 0.2) is 23.2 Å². The third-order valence-corrected chi connectivity index (χ3v) is 4.42. The number of unbranched alkanes of at least 4 members (excludes halogenated alkanes) is 1. The number of aliphatic imine (C=N–C) groups is 1. The van der Waals surface area contributed by atoms with E-state index in [1.807, 2.05) is 25.1 Å². The van der Waals surface area contributed by atoms with Crippen molar-refractivity contribution in [3.63, 3.8) is 0 Å². The Morgan fingerprint density at radius 1 is 1.15 bits per heavy atom. The fourth-order valence-corrected chi connectivity index (χ4v) is 3.11. The average molecular weight is 363 g/mol. The van der Waals surface area contributed by atoms with Crippen molar-refractivity contribution < 1.29 is 9.47 Å². The Hall–Kier alpha value is -1.95. The van der Waals surface area contributed by atoms with Gasteiger partial charge in [0, 0.05) is 24.8 Å². The number of hydrogen-bond acceptors (Lipinski definition) is 4. The van der Waals surface area contributed by atoms with Crippen LogP contribution in [0.3, 0.4) is 0 Å². The van der Waals surface area contributed by atoms with E-state index in [9.17, 15) is 0 Å². The number of benzene rings is 1. The summed E-state index contributed by atoms with van der Waals surface area (Å²) in [6, 6.07) is 5.83. The molecule has 1 aromatic carbocycles. The molecule has 1 aliphatic heterocycles. The molecule has 6 heteroatoms. The van der Waals surface area contributed by atoms with Gasteiger partial charge in [-0.25, -0.2) is 0 Å². The second-order valence-corrected chi connectivity index (χ2v) is 6.44. The lowest BCUT2D eigenvalue weighted by molar-refractivity contribution is 0.311. The topological polar surface area (TPSA) is 58.1 Å². The zero-order valence-electron chi connectivity index (χ0n) is 16.5. The SMILES string of the molecule is CCNC(=NCCCCN1CCCC1)Nc1ccc(OC)c(OCC)c1. The third-order valence-electron chi connectivity index (χ3n) is 4.42. The quantitative estimate of drug-likeness (QED) is 0.380. The first kappa shape index (κ1) is 20.4. The molecule has 1 aliphatic rings. The van der Waals surface area contributed by atoms with Gasteiger partial charge in [0.05, 0.1) is 13.7 Å². The number of nitrogens with zero attached hydrogens (tertiary/aromatic N) is 2. The second kappa shape index (κ2) is 11.6. The molecule has 0 saturated carbocycles. The van der Waals surface area contributed by atoms with Crippen LogP contribution in [0.25, 0.3) is 0 Å². The lowest BCUT2D eigenvalue weighted by atomic mass is 10.2. The molecule has 0 spiro atoms. The highest BCUT2D eigenvalue weighted by Gasteiger charge is 2.10. The molecule has 1 aromatic rings. The van der Waals surface area contributed by atoms with Gasteiger partial charge in [-0.1, -0.05) is 0 Å². The summed E-state index contributed by atoms with van der Waals surface area (Å²) in [7, 11) is 1.65. The minimum absolute atomic E-state index is 0.602. The van der Waals surface area contributed by atoms with Gasteiger partial charge in [-0.15, -0.1) is 0 Å². The maximum absolute atomic E-state index is 5.64. The first-order valence-electron chi connectivity index (χ1n) is 9.85. The molecule has 2 rings (SSSR count). The van der Waals surface area contributed by atoms with E-state index in [-0.39, 0.29) is 0 Å². The number of hydrogen-bond donors (Lipinski definition) is 2. The summed E-state index contributed by atoms with van der Waals surface area (Å²) in [6.45, 7) is 10.0. The minimum Gasteiger partial charge on any atom is -0.493 e. The van der Waals surface area contributed by atoms with Crippen molar-refractivity contribution in [3.8, 4) is 11.5 Å². The minimum atomic E-state index is 0.602. The summed E-state index contributed by atoms with van der Waals surface area (Å²) in [4.78, 5) is 7.25. The van der Waals surface area contributed by atoms with Gasteiger partial charge in [-0.3, -0.25) is 4.99 Å². The molecule has 0 amide bonds. The molecule has 0 aliphatic carbocycles. The first-order chi connectivity index (χ1) is 12.8. The van der Waals surface area contributed by atoms with E-state index in [4.69, 9.17) is 14.5 Å². The van der Waals surface area contributed by atoms with E-state index in [2.05, 4.69) is 22.5 Å². The van der Waals surface area contributed by atoms with Crippen LogP contribution < -0.4 is 20.1 Å². The van der Waals surface area contributed by atoms with Gasteiger partial charge in [0.15, 0.2) is 17.5 Å². The first-order valence-corrected chi connectivity index (χ1v) is 9.85. The van der Waals surface area contributed by atoms with Crippen LogP contribution in [0.4, 0.5) is 5.69 Å². The fourth-order valence-electron chi connectivity index (χ4n) is 3.11. The number of ether oxygens (including phenoxy) is 2. The van der Waals surface area contributed by atoms with Gasteiger partial charge in [-0.05, 0) is 71.3 Å². The van der Waals surface area contributed by atoms with E-state index < -0.39 is 0 Å². The molecule has 0 unspecified atom stereocenters. The van der Waals surface area contributed by atoms with E-state index >= 15 is 0 Å². The zero-order chi connectivity index (χ0) is 18.6. The molecule has 0 atom stereocenters. The number of rotatable bonds is 10. The molecule has 2 N–H and O–H groups in total. The smallest absolute Gasteiger partial charge is 0.195 e. The Bertz CT molecular complexity index is 557.